The van der Waals surface area contributed by atoms with Crippen LogP contribution in [0.1, 0.15) is 38.2 Å². The van der Waals surface area contributed by atoms with Crippen LogP contribution in [0.15, 0.2) is 42.7 Å². The highest BCUT2D eigenvalue weighted by atomic mass is 19.1. The number of aromatic nitrogens is 2. The van der Waals surface area contributed by atoms with Gasteiger partial charge >= 0.3 is 0 Å². The van der Waals surface area contributed by atoms with E-state index in [1.165, 1.54) is 18.6 Å². The van der Waals surface area contributed by atoms with E-state index in [9.17, 15) is 8.78 Å². The van der Waals surface area contributed by atoms with E-state index in [1.54, 1.807) is 18.3 Å². The van der Waals surface area contributed by atoms with Crippen LogP contribution >= 0.6 is 0 Å². The molecule has 0 atom stereocenters. The lowest BCUT2D eigenvalue weighted by atomic mass is 10.00. The smallest absolute Gasteiger partial charge is 0.145 e. The molecule has 4 rings (SSSR count). The van der Waals surface area contributed by atoms with Crippen molar-refractivity contribution in [3.63, 3.8) is 0 Å². The van der Waals surface area contributed by atoms with Gasteiger partial charge in [-0.25, -0.2) is 13.8 Å². The molecular weight excluding hydrogens is 318 g/mol. The zero-order chi connectivity index (χ0) is 17.4. The van der Waals surface area contributed by atoms with Gasteiger partial charge in [0.1, 0.15) is 17.3 Å². The minimum absolute atomic E-state index is 0.199. The number of imidazole rings is 1. The Labute approximate surface area is 145 Å². The third kappa shape index (κ3) is 2.76. The lowest BCUT2D eigenvalue weighted by Crippen LogP contribution is -1.97. The molecule has 0 amide bonds. The molecular formula is C21H20F2N2. The second-order valence-corrected chi connectivity index (χ2v) is 6.58. The van der Waals surface area contributed by atoms with Crippen LogP contribution < -0.4 is 0 Å². The Morgan fingerprint density at radius 3 is 2.68 bits per heavy atom. The maximum Gasteiger partial charge on any atom is 0.145 e. The molecule has 2 nitrogen and oxygen atoms in total. The van der Waals surface area contributed by atoms with Crippen molar-refractivity contribution >= 4 is 27.3 Å². The van der Waals surface area contributed by atoms with Gasteiger partial charge in [-0.3, -0.25) is 4.40 Å². The lowest BCUT2D eigenvalue weighted by Gasteiger charge is -2.11. The van der Waals surface area contributed by atoms with E-state index in [0.717, 1.165) is 46.6 Å². The Balaban J connectivity index is 1.94. The van der Waals surface area contributed by atoms with Gasteiger partial charge in [-0.15, -0.1) is 0 Å². The number of aryl methyl sites for hydroxylation is 1. The predicted octanol–water partition coefficient (Wildman–Crippen LogP) is 6.04. The molecule has 0 N–H and O–H groups in total. The summed E-state index contributed by atoms with van der Waals surface area (Å²) in [6, 6.07) is 8.15. The lowest BCUT2D eigenvalue weighted by molar-refractivity contribution is 0.595. The number of benzene rings is 2. The molecule has 2 aromatic carbocycles. The van der Waals surface area contributed by atoms with Crippen molar-refractivity contribution in [2.75, 3.05) is 0 Å². The monoisotopic (exact) mass is 338 g/mol. The summed E-state index contributed by atoms with van der Waals surface area (Å²) >= 11 is 0. The van der Waals surface area contributed by atoms with Crippen LogP contribution in [0.5, 0.6) is 0 Å². The summed E-state index contributed by atoms with van der Waals surface area (Å²) in [5.74, 6) is -0.492. The zero-order valence-corrected chi connectivity index (χ0v) is 14.2. The van der Waals surface area contributed by atoms with Crippen LogP contribution in [0.3, 0.4) is 0 Å². The van der Waals surface area contributed by atoms with Crippen molar-refractivity contribution in [2.24, 2.45) is 0 Å². The van der Waals surface area contributed by atoms with Crippen molar-refractivity contribution in [1.82, 2.24) is 9.38 Å². The Bertz CT molecular complexity index is 1070. The molecule has 0 bridgehead atoms. The van der Waals surface area contributed by atoms with Crippen LogP contribution in [0, 0.1) is 11.6 Å². The van der Waals surface area contributed by atoms with Gasteiger partial charge in [0.25, 0.3) is 0 Å². The van der Waals surface area contributed by atoms with Gasteiger partial charge in [-0.05, 0) is 54.1 Å². The van der Waals surface area contributed by atoms with Crippen molar-refractivity contribution in [2.45, 2.75) is 39.0 Å². The third-order valence-electron chi connectivity index (χ3n) is 4.88. The quantitative estimate of drug-likeness (QED) is 0.320. The van der Waals surface area contributed by atoms with Gasteiger partial charge < -0.3 is 0 Å². The summed E-state index contributed by atoms with van der Waals surface area (Å²) in [5.41, 5.74) is 2.15. The highest BCUT2D eigenvalue weighted by Gasteiger charge is 2.13. The summed E-state index contributed by atoms with van der Waals surface area (Å²) in [6.45, 7) is 2.16. The van der Waals surface area contributed by atoms with E-state index in [4.69, 9.17) is 0 Å². The number of fused-ring (bicyclic) bond motifs is 6. The fourth-order valence-electron chi connectivity index (χ4n) is 3.59. The Morgan fingerprint density at radius 1 is 0.960 bits per heavy atom. The summed E-state index contributed by atoms with van der Waals surface area (Å²) in [5, 5.41) is 2.53. The number of unbranched alkanes of at least 4 members (excludes halogenated alkanes) is 3. The number of hydrogen-bond donors (Lipinski definition) is 0. The molecule has 2 aromatic heterocycles. The predicted molar refractivity (Wildman–Crippen MR) is 98.0 cm³/mol. The van der Waals surface area contributed by atoms with E-state index in [0.29, 0.717) is 12.0 Å². The molecule has 0 fully saturated rings. The Kier molecular flexibility index (Phi) is 4.12. The molecule has 0 radical (unpaired) electrons. The van der Waals surface area contributed by atoms with E-state index in [1.807, 2.05) is 16.7 Å². The average Bonchev–Trinajstić information content (AvgIpc) is 3.09. The first kappa shape index (κ1) is 16.0. The largest absolute Gasteiger partial charge is 0.299 e. The first-order chi connectivity index (χ1) is 12.2. The van der Waals surface area contributed by atoms with Crippen molar-refractivity contribution in [3.8, 4) is 0 Å². The number of hydrogen-bond acceptors (Lipinski definition) is 1. The van der Waals surface area contributed by atoms with Crippen molar-refractivity contribution in [1.29, 1.82) is 0 Å². The van der Waals surface area contributed by atoms with E-state index in [2.05, 4.69) is 11.9 Å². The summed E-state index contributed by atoms with van der Waals surface area (Å²) < 4.78 is 30.4. The number of nitrogens with zero attached hydrogens (tertiary/aromatic N) is 2. The number of rotatable bonds is 5. The molecule has 2 heterocycles. The van der Waals surface area contributed by atoms with E-state index in [-0.39, 0.29) is 11.6 Å². The molecule has 25 heavy (non-hydrogen) atoms. The average molecular weight is 338 g/mol. The van der Waals surface area contributed by atoms with E-state index < -0.39 is 0 Å². The molecule has 0 saturated heterocycles. The fourth-order valence-corrected chi connectivity index (χ4v) is 3.59. The topological polar surface area (TPSA) is 17.3 Å². The van der Waals surface area contributed by atoms with Crippen LogP contribution in [-0.2, 0) is 6.42 Å². The molecule has 4 heteroatoms. The molecule has 128 valence electrons. The normalized spacial score (nSPS) is 11.8. The highest BCUT2D eigenvalue weighted by molar-refractivity contribution is 6.11. The summed E-state index contributed by atoms with van der Waals surface area (Å²) in [4.78, 5) is 4.37. The maximum atomic E-state index is 14.6. The molecule has 0 aliphatic heterocycles. The molecule has 0 unspecified atom stereocenters. The maximum absolute atomic E-state index is 14.6. The van der Waals surface area contributed by atoms with Gasteiger partial charge in [0, 0.05) is 23.2 Å². The van der Waals surface area contributed by atoms with Crippen molar-refractivity contribution < 1.29 is 8.78 Å². The van der Waals surface area contributed by atoms with Gasteiger partial charge in [0.2, 0.25) is 0 Å². The first-order valence-electron chi connectivity index (χ1n) is 8.85. The van der Waals surface area contributed by atoms with Gasteiger partial charge in [0.15, 0.2) is 0 Å². The third-order valence-corrected chi connectivity index (χ3v) is 4.88. The van der Waals surface area contributed by atoms with E-state index >= 15 is 0 Å². The van der Waals surface area contributed by atoms with Crippen LogP contribution in [0.4, 0.5) is 8.78 Å². The molecule has 0 aliphatic rings. The first-order valence-corrected chi connectivity index (χ1v) is 8.85. The number of pyridine rings is 1. The molecule has 0 saturated carbocycles. The second-order valence-electron chi connectivity index (χ2n) is 6.58. The molecule has 4 aromatic rings. The van der Waals surface area contributed by atoms with Gasteiger partial charge in [-0.2, -0.15) is 0 Å². The zero-order valence-electron chi connectivity index (χ0n) is 14.2. The summed E-state index contributed by atoms with van der Waals surface area (Å²) in [7, 11) is 0. The highest BCUT2D eigenvalue weighted by Crippen LogP contribution is 2.31. The standard InChI is InChI=1S/C21H20F2N2/c1-2-3-4-5-6-14-11-18-17-12-15(22)7-8-16(17)21-24-9-10-25(21)20(18)13-19(14)23/h7-13H,2-6H2,1H3. The van der Waals surface area contributed by atoms with Crippen LogP contribution in [0.25, 0.3) is 27.3 Å². The fraction of sp³-hybridized carbons (Fsp3) is 0.286. The minimum atomic E-state index is -0.293. The number of halogens is 2. The summed E-state index contributed by atoms with van der Waals surface area (Å²) in [6.07, 6.45) is 8.61. The minimum Gasteiger partial charge on any atom is -0.299 e. The Hall–Kier alpha value is -2.49. The van der Waals surface area contributed by atoms with Gasteiger partial charge in [-0.1, -0.05) is 26.2 Å². The second kappa shape index (κ2) is 6.43. The molecule has 0 spiro atoms. The van der Waals surface area contributed by atoms with Crippen LogP contribution in [-0.4, -0.2) is 9.38 Å². The van der Waals surface area contributed by atoms with Crippen LogP contribution in [0.2, 0.25) is 0 Å². The Morgan fingerprint density at radius 2 is 1.84 bits per heavy atom. The van der Waals surface area contributed by atoms with Gasteiger partial charge in [0.05, 0.1) is 5.52 Å². The van der Waals surface area contributed by atoms with Crippen molar-refractivity contribution in [3.05, 3.63) is 59.9 Å². The molecule has 0 aliphatic carbocycles. The SMILES string of the molecule is CCCCCCc1cc2c3cc(F)ccc3c3nccn3c2cc1F.